The number of benzene rings is 1. The Bertz CT molecular complexity index is 596. The number of aromatic nitrogens is 1. The highest BCUT2D eigenvalue weighted by atomic mass is 16.5. The summed E-state index contributed by atoms with van der Waals surface area (Å²) in [5.41, 5.74) is 2.68. The number of esters is 1. The number of aryl methyl sites for hydroxylation is 1. The molecule has 0 saturated carbocycles. The number of carbonyl (C=O) groups excluding carboxylic acids is 1. The van der Waals surface area contributed by atoms with Crippen molar-refractivity contribution in [3.63, 3.8) is 0 Å². The molecule has 3 nitrogen and oxygen atoms in total. The lowest BCUT2D eigenvalue weighted by Crippen LogP contribution is -2.00. The van der Waals surface area contributed by atoms with Crippen LogP contribution < -0.4 is 0 Å². The Morgan fingerprint density at radius 2 is 2.28 bits per heavy atom. The molecule has 0 fully saturated rings. The smallest absolute Gasteiger partial charge is 0.340 e. The van der Waals surface area contributed by atoms with Crippen LogP contribution in [0.4, 0.5) is 0 Å². The number of carbonyl (C=O) groups is 1. The highest BCUT2D eigenvalue weighted by Gasteiger charge is 2.15. The van der Waals surface area contributed by atoms with Crippen molar-refractivity contribution in [3.05, 3.63) is 42.1 Å². The highest BCUT2D eigenvalue weighted by Crippen LogP contribution is 2.24. The van der Waals surface area contributed by atoms with Gasteiger partial charge >= 0.3 is 5.97 Å². The Kier molecular flexibility index (Phi) is 3.51. The lowest BCUT2D eigenvalue weighted by Gasteiger charge is -2.02. The molecule has 0 radical (unpaired) electrons. The summed E-state index contributed by atoms with van der Waals surface area (Å²) >= 11 is 0. The van der Waals surface area contributed by atoms with Crippen molar-refractivity contribution in [3.8, 4) is 0 Å². The third-order valence-corrected chi connectivity index (χ3v) is 3.01. The van der Waals surface area contributed by atoms with Crippen LogP contribution in [-0.2, 0) is 11.3 Å². The maximum Gasteiger partial charge on any atom is 0.340 e. The van der Waals surface area contributed by atoms with Gasteiger partial charge in [0.05, 0.1) is 12.7 Å². The predicted molar refractivity (Wildman–Crippen MR) is 73.7 cm³/mol. The topological polar surface area (TPSA) is 31.2 Å². The summed E-state index contributed by atoms with van der Waals surface area (Å²) in [7, 11) is 1.41. The first-order valence-corrected chi connectivity index (χ1v) is 6.05. The summed E-state index contributed by atoms with van der Waals surface area (Å²) in [5, 5.41) is 0.924. The maximum atomic E-state index is 11.8. The van der Waals surface area contributed by atoms with Gasteiger partial charge in [0.2, 0.25) is 0 Å². The van der Waals surface area contributed by atoms with Crippen LogP contribution in [0.1, 0.15) is 29.3 Å². The monoisotopic (exact) mass is 243 g/mol. The van der Waals surface area contributed by atoms with E-state index in [0.717, 1.165) is 29.4 Å². The van der Waals surface area contributed by atoms with E-state index in [4.69, 9.17) is 4.74 Å². The highest BCUT2D eigenvalue weighted by molar-refractivity contribution is 6.04. The number of nitrogens with zero attached hydrogens (tertiary/aromatic N) is 1. The molecule has 0 spiro atoms. The van der Waals surface area contributed by atoms with E-state index in [0.29, 0.717) is 5.56 Å². The summed E-state index contributed by atoms with van der Waals surface area (Å²) in [5.74, 6) is -0.295. The summed E-state index contributed by atoms with van der Waals surface area (Å²) in [6.45, 7) is 6.76. The van der Waals surface area contributed by atoms with Crippen molar-refractivity contribution in [1.29, 1.82) is 0 Å². The molecule has 1 aromatic heterocycles. The first-order chi connectivity index (χ1) is 8.71. The quantitative estimate of drug-likeness (QED) is 0.770. The molecule has 18 heavy (non-hydrogen) atoms. The molecule has 0 aliphatic heterocycles. The lowest BCUT2D eigenvalue weighted by atomic mass is 10.1. The zero-order valence-corrected chi connectivity index (χ0v) is 10.8. The second-order valence-corrected chi connectivity index (χ2v) is 4.21. The molecule has 1 aromatic carbocycles. The molecule has 2 rings (SSSR count). The number of hydrogen-bond donors (Lipinski definition) is 0. The van der Waals surface area contributed by atoms with Crippen molar-refractivity contribution in [2.24, 2.45) is 0 Å². The molecule has 94 valence electrons. The number of fused-ring (bicyclic) bond motifs is 1. The normalized spacial score (nSPS) is 10.6. The first kappa shape index (κ1) is 12.4. The molecular formula is C15H17NO2. The van der Waals surface area contributed by atoms with Crippen molar-refractivity contribution in [1.82, 2.24) is 4.57 Å². The van der Waals surface area contributed by atoms with E-state index >= 15 is 0 Å². The zero-order valence-electron chi connectivity index (χ0n) is 10.8. The van der Waals surface area contributed by atoms with Gasteiger partial charge in [-0.1, -0.05) is 25.6 Å². The molecule has 2 aromatic rings. The van der Waals surface area contributed by atoms with E-state index in [-0.39, 0.29) is 5.97 Å². The molecule has 1 heterocycles. The summed E-state index contributed by atoms with van der Waals surface area (Å²) in [4.78, 5) is 11.8. The van der Waals surface area contributed by atoms with E-state index in [1.54, 1.807) is 6.08 Å². The van der Waals surface area contributed by atoms with Gasteiger partial charge in [0.15, 0.2) is 0 Å². The molecule has 0 bridgehead atoms. The van der Waals surface area contributed by atoms with Gasteiger partial charge in [0, 0.05) is 23.6 Å². The SMILES string of the molecule is C=Cc1ccc2c(c1)c(C(=O)OC)cn2CCC. The Labute approximate surface area is 107 Å². The fourth-order valence-corrected chi connectivity index (χ4v) is 2.14. The predicted octanol–water partition coefficient (Wildman–Crippen LogP) is 3.48. The van der Waals surface area contributed by atoms with Crippen LogP contribution in [0.5, 0.6) is 0 Å². The second kappa shape index (κ2) is 5.08. The van der Waals surface area contributed by atoms with E-state index in [2.05, 4.69) is 18.1 Å². The van der Waals surface area contributed by atoms with Crippen LogP contribution in [0.3, 0.4) is 0 Å². The summed E-state index contributed by atoms with van der Waals surface area (Å²) < 4.78 is 6.92. The zero-order chi connectivity index (χ0) is 13.1. The Morgan fingerprint density at radius 1 is 1.50 bits per heavy atom. The fourth-order valence-electron chi connectivity index (χ4n) is 2.14. The van der Waals surface area contributed by atoms with Crippen molar-refractivity contribution >= 4 is 22.9 Å². The van der Waals surface area contributed by atoms with Gasteiger partial charge in [0.25, 0.3) is 0 Å². The van der Waals surface area contributed by atoms with Gasteiger partial charge in [-0.3, -0.25) is 0 Å². The molecule has 0 amide bonds. The molecule has 0 aliphatic rings. The number of methoxy groups -OCH3 is 1. The molecule has 3 heteroatoms. The Hall–Kier alpha value is -2.03. The van der Waals surface area contributed by atoms with Gasteiger partial charge < -0.3 is 9.30 Å². The van der Waals surface area contributed by atoms with E-state index in [1.165, 1.54) is 7.11 Å². The van der Waals surface area contributed by atoms with Crippen LogP contribution in [0.25, 0.3) is 17.0 Å². The minimum Gasteiger partial charge on any atom is -0.465 e. The number of rotatable bonds is 4. The van der Waals surface area contributed by atoms with Crippen LogP contribution in [-0.4, -0.2) is 17.6 Å². The average molecular weight is 243 g/mol. The molecular weight excluding hydrogens is 226 g/mol. The lowest BCUT2D eigenvalue weighted by molar-refractivity contribution is 0.0602. The minimum absolute atomic E-state index is 0.295. The Morgan fingerprint density at radius 3 is 2.89 bits per heavy atom. The van der Waals surface area contributed by atoms with Gasteiger partial charge in [-0.05, 0) is 24.1 Å². The molecule has 0 atom stereocenters. The number of hydrogen-bond acceptors (Lipinski definition) is 2. The third kappa shape index (κ3) is 2.04. The van der Waals surface area contributed by atoms with E-state index in [1.807, 2.05) is 24.4 Å². The van der Waals surface area contributed by atoms with Gasteiger partial charge in [-0.15, -0.1) is 0 Å². The average Bonchev–Trinajstić information content (AvgIpc) is 2.76. The standard InChI is InChI=1S/C15H17NO2/c1-4-8-16-10-13(15(17)18-3)12-9-11(5-2)6-7-14(12)16/h5-7,9-10H,2,4,8H2,1,3H3. The Balaban J connectivity index is 2.68. The number of ether oxygens (including phenoxy) is 1. The second-order valence-electron chi connectivity index (χ2n) is 4.21. The minimum atomic E-state index is -0.295. The largest absolute Gasteiger partial charge is 0.465 e. The van der Waals surface area contributed by atoms with Gasteiger partial charge in [-0.2, -0.15) is 0 Å². The maximum absolute atomic E-state index is 11.8. The van der Waals surface area contributed by atoms with Gasteiger partial charge in [-0.25, -0.2) is 4.79 Å². The van der Waals surface area contributed by atoms with Gasteiger partial charge in [0.1, 0.15) is 0 Å². The molecule has 0 N–H and O–H groups in total. The van der Waals surface area contributed by atoms with Crippen LogP contribution >= 0.6 is 0 Å². The summed E-state index contributed by atoms with van der Waals surface area (Å²) in [6, 6.07) is 6.00. The molecule has 0 aliphatic carbocycles. The molecule has 0 unspecified atom stereocenters. The summed E-state index contributed by atoms with van der Waals surface area (Å²) in [6.07, 6.45) is 4.66. The van der Waals surface area contributed by atoms with Crippen molar-refractivity contribution in [2.75, 3.05) is 7.11 Å². The third-order valence-electron chi connectivity index (χ3n) is 3.01. The van der Waals surface area contributed by atoms with Crippen molar-refractivity contribution < 1.29 is 9.53 Å². The van der Waals surface area contributed by atoms with Crippen LogP contribution in [0, 0.1) is 0 Å². The van der Waals surface area contributed by atoms with Crippen LogP contribution in [0.2, 0.25) is 0 Å². The first-order valence-electron chi connectivity index (χ1n) is 6.05. The van der Waals surface area contributed by atoms with E-state index in [9.17, 15) is 4.79 Å². The van der Waals surface area contributed by atoms with Crippen LogP contribution in [0.15, 0.2) is 31.0 Å². The van der Waals surface area contributed by atoms with Crippen molar-refractivity contribution in [2.45, 2.75) is 19.9 Å². The van der Waals surface area contributed by atoms with E-state index < -0.39 is 0 Å². The molecule has 0 saturated heterocycles. The fraction of sp³-hybridized carbons (Fsp3) is 0.267.